The fourth-order valence-electron chi connectivity index (χ4n) is 3.45. The Kier molecular flexibility index (Phi) is 6.76. The van der Waals surface area contributed by atoms with Crippen LogP contribution < -0.4 is 14.8 Å². The van der Waals surface area contributed by atoms with Gasteiger partial charge in [-0.25, -0.2) is 0 Å². The van der Waals surface area contributed by atoms with E-state index in [0.29, 0.717) is 11.8 Å². The number of hydrogen-bond acceptors (Lipinski definition) is 4. The highest BCUT2D eigenvalue weighted by molar-refractivity contribution is 5.85. The summed E-state index contributed by atoms with van der Waals surface area (Å²) in [4.78, 5) is 14.9. The first kappa shape index (κ1) is 18.4. The van der Waals surface area contributed by atoms with Gasteiger partial charge in [-0.2, -0.15) is 0 Å². The van der Waals surface area contributed by atoms with E-state index in [0.717, 1.165) is 30.8 Å². The molecule has 1 aromatic carbocycles. The molecule has 1 N–H and O–H groups in total. The molecule has 1 atom stereocenters. The van der Waals surface area contributed by atoms with E-state index >= 15 is 0 Å². The van der Waals surface area contributed by atoms with E-state index in [-0.39, 0.29) is 11.9 Å². The lowest BCUT2D eigenvalue weighted by molar-refractivity contribution is -0.134. The molecular weight excluding hydrogens is 304 g/mol. The van der Waals surface area contributed by atoms with Crippen molar-refractivity contribution in [2.24, 2.45) is 0 Å². The smallest absolute Gasteiger partial charge is 0.245 e. The van der Waals surface area contributed by atoms with E-state index in [4.69, 9.17) is 9.47 Å². The Morgan fingerprint density at radius 1 is 1.25 bits per heavy atom. The summed E-state index contributed by atoms with van der Waals surface area (Å²) in [6, 6.07) is 5.66. The molecule has 1 saturated carbocycles. The lowest BCUT2D eigenvalue weighted by Crippen LogP contribution is -2.47. The quantitative estimate of drug-likeness (QED) is 0.826. The first-order valence-corrected chi connectivity index (χ1v) is 8.89. The van der Waals surface area contributed by atoms with Crippen LogP contribution in [-0.4, -0.2) is 43.7 Å². The van der Waals surface area contributed by atoms with Gasteiger partial charge in [0.15, 0.2) is 0 Å². The average molecular weight is 334 g/mol. The molecule has 0 saturated heterocycles. The Morgan fingerprint density at radius 3 is 2.54 bits per heavy atom. The zero-order valence-electron chi connectivity index (χ0n) is 15.3. The second kappa shape index (κ2) is 8.81. The number of benzene rings is 1. The maximum atomic E-state index is 12.9. The summed E-state index contributed by atoms with van der Waals surface area (Å²) in [5, 5.41) is 3.29. The number of methoxy groups -OCH3 is 2. The van der Waals surface area contributed by atoms with Crippen LogP contribution in [0.3, 0.4) is 0 Å². The van der Waals surface area contributed by atoms with Crippen molar-refractivity contribution < 1.29 is 14.3 Å². The van der Waals surface area contributed by atoms with E-state index in [1.54, 1.807) is 14.2 Å². The average Bonchev–Trinajstić information content (AvgIpc) is 2.63. The molecule has 5 heteroatoms. The first-order chi connectivity index (χ1) is 11.6. The number of hydrogen-bond donors (Lipinski definition) is 1. The Hall–Kier alpha value is -1.91. The molecule has 1 aliphatic rings. The van der Waals surface area contributed by atoms with Crippen molar-refractivity contribution in [3.05, 3.63) is 18.2 Å². The summed E-state index contributed by atoms with van der Waals surface area (Å²) in [5.41, 5.74) is 0.804. The molecule has 134 valence electrons. The second-order valence-corrected chi connectivity index (χ2v) is 6.35. The van der Waals surface area contributed by atoms with E-state index in [9.17, 15) is 4.79 Å². The third kappa shape index (κ3) is 4.34. The van der Waals surface area contributed by atoms with Crippen molar-refractivity contribution in [3.63, 3.8) is 0 Å². The second-order valence-electron chi connectivity index (χ2n) is 6.35. The predicted octanol–water partition coefficient (Wildman–Crippen LogP) is 3.69. The highest BCUT2D eigenvalue weighted by Crippen LogP contribution is 2.30. The number of likely N-dealkylation sites (N-methyl/N-ethyl adjacent to an activating group) is 1. The van der Waals surface area contributed by atoms with Crippen LogP contribution in [0.25, 0.3) is 0 Å². The van der Waals surface area contributed by atoms with E-state index in [1.807, 2.05) is 30.0 Å². The van der Waals surface area contributed by atoms with Gasteiger partial charge in [-0.1, -0.05) is 19.3 Å². The number of rotatable bonds is 7. The third-order valence-electron chi connectivity index (χ3n) is 4.79. The van der Waals surface area contributed by atoms with Crippen molar-refractivity contribution >= 4 is 11.6 Å². The summed E-state index contributed by atoms with van der Waals surface area (Å²) < 4.78 is 10.6. The van der Waals surface area contributed by atoms with E-state index < -0.39 is 0 Å². The summed E-state index contributed by atoms with van der Waals surface area (Å²) in [6.45, 7) is 4.74. The summed E-state index contributed by atoms with van der Waals surface area (Å²) in [7, 11) is 3.24. The van der Waals surface area contributed by atoms with Crippen molar-refractivity contribution in [1.82, 2.24) is 4.90 Å². The summed E-state index contributed by atoms with van der Waals surface area (Å²) in [6.07, 6.45) is 5.99. The Balaban J connectivity index is 2.07. The first-order valence-electron chi connectivity index (χ1n) is 8.89. The predicted molar refractivity (Wildman–Crippen MR) is 96.9 cm³/mol. The van der Waals surface area contributed by atoms with Crippen LogP contribution in [0.15, 0.2) is 18.2 Å². The lowest BCUT2D eigenvalue weighted by Gasteiger charge is -2.35. The molecule has 0 unspecified atom stereocenters. The molecule has 1 aliphatic carbocycles. The van der Waals surface area contributed by atoms with Gasteiger partial charge in [0.2, 0.25) is 5.91 Å². The molecule has 0 heterocycles. The van der Waals surface area contributed by atoms with Gasteiger partial charge in [-0.05, 0) is 38.8 Å². The summed E-state index contributed by atoms with van der Waals surface area (Å²) >= 11 is 0. The van der Waals surface area contributed by atoms with Crippen LogP contribution >= 0.6 is 0 Å². The van der Waals surface area contributed by atoms with Crippen molar-refractivity contribution in [2.75, 3.05) is 26.1 Å². The van der Waals surface area contributed by atoms with Crippen LogP contribution in [0.4, 0.5) is 5.69 Å². The fraction of sp³-hybridized carbons (Fsp3) is 0.632. The Labute approximate surface area is 145 Å². The minimum absolute atomic E-state index is 0.155. The number of carbonyl (C=O) groups excluding carboxylic acids is 1. The number of carbonyl (C=O) groups is 1. The number of amides is 1. The van der Waals surface area contributed by atoms with Gasteiger partial charge in [0.05, 0.1) is 19.9 Å². The molecule has 1 amide bonds. The maximum Gasteiger partial charge on any atom is 0.245 e. The number of nitrogens with zero attached hydrogens (tertiary/aromatic N) is 1. The fourth-order valence-corrected chi connectivity index (χ4v) is 3.45. The molecule has 1 fully saturated rings. The molecule has 0 aliphatic heterocycles. The molecule has 5 nitrogen and oxygen atoms in total. The molecular formula is C19H30N2O3. The van der Waals surface area contributed by atoms with Gasteiger partial charge in [-0.15, -0.1) is 0 Å². The normalized spacial score (nSPS) is 16.3. The molecule has 24 heavy (non-hydrogen) atoms. The van der Waals surface area contributed by atoms with Gasteiger partial charge in [-0.3, -0.25) is 4.79 Å². The van der Waals surface area contributed by atoms with Gasteiger partial charge in [0.25, 0.3) is 0 Å². The van der Waals surface area contributed by atoms with Gasteiger partial charge < -0.3 is 19.7 Å². The standard InChI is InChI=1S/C19H30N2O3/c1-5-21(15-9-7-6-8-10-15)19(22)14(2)20-17-12-11-16(23-3)13-18(17)24-4/h11-15,20H,5-10H2,1-4H3/t14-/m0/s1. The van der Waals surface area contributed by atoms with Crippen molar-refractivity contribution in [1.29, 1.82) is 0 Å². The van der Waals surface area contributed by atoms with Crippen LogP contribution in [0, 0.1) is 0 Å². The van der Waals surface area contributed by atoms with Crippen LogP contribution in [0.1, 0.15) is 46.0 Å². The molecule has 2 rings (SSSR count). The van der Waals surface area contributed by atoms with Gasteiger partial charge in [0.1, 0.15) is 17.5 Å². The summed E-state index contributed by atoms with van der Waals surface area (Å²) in [5.74, 6) is 1.56. The van der Waals surface area contributed by atoms with Crippen molar-refractivity contribution in [3.8, 4) is 11.5 Å². The van der Waals surface area contributed by atoms with Gasteiger partial charge in [0, 0.05) is 18.7 Å². The van der Waals surface area contributed by atoms with Crippen LogP contribution in [-0.2, 0) is 4.79 Å². The number of ether oxygens (including phenoxy) is 2. The lowest BCUT2D eigenvalue weighted by atomic mass is 9.94. The molecule has 0 aromatic heterocycles. The van der Waals surface area contributed by atoms with Crippen molar-refractivity contribution in [2.45, 2.75) is 58.0 Å². The Bertz CT molecular complexity index is 541. The Morgan fingerprint density at radius 2 is 1.96 bits per heavy atom. The van der Waals surface area contributed by atoms with Gasteiger partial charge >= 0.3 is 0 Å². The molecule has 0 spiro atoms. The van der Waals surface area contributed by atoms with E-state index in [1.165, 1.54) is 19.3 Å². The maximum absolute atomic E-state index is 12.9. The topological polar surface area (TPSA) is 50.8 Å². The van der Waals surface area contributed by atoms with Crippen LogP contribution in [0.2, 0.25) is 0 Å². The van der Waals surface area contributed by atoms with Crippen LogP contribution in [0.5, 0.6) is 11.5 Å². The molecule has 0 bridgehead atoms. The molecule has 1 aromatic rings. The SMILES string of the molecule is CCN(C(=O)[C@H](C)Nc1ccc(OC)cc1OC)C1CCCCC1. The monoisotopic (exact) mass is 334 g/mol. The number of anilines is 1. The highest BCUT2D eigenvalue weighted by Gasteiger charge is 2.27. The highest BCUT2D eigenvalue weighted by atomic mass is 16.5. The largest absolute Gasteiger partial charge is 0.497 e. The minimum Gasteiger partial charge on any atom is -0.497 e. The third-order valence-corrected chi connectivity index (χ3v) is 4.79. The van der Waals surface area contributed by atoms with E-state index in [2.05, 4.69) is 12.2 Å². The molecule has 0 radical (unpaired) electrons. The minimum atomic E-state index is -0.297. The number of nitrogens with one attached hydrogen (secondary N) is 1. The zero-order chi connectivity index (χ0) is 17.5. The zero-order valence-corrected chi connectivity index (χ0v) is 15.3.